The third-order valence-corrected chi connectivity index (χ3v) is 4.16. The molecular weight excluding hydrogens is 198 g/mol. The number of hydrogen-bond acceptors (Lipinski definition) is 2. The molecule has 1 rings (SSSR count). The first-order valence-corrected chi connectivity index (χ1v) is 6.84. The van der Waals surface area contributed by atoms with E-state index in [9.17, 15) is 0 Å². The highest BCUT2D eigenvalue weighted by molar-refractivity contribution is 4.92. The predicted octanol–water partition coefficient (Wildman–Crippen LogP) is 3.22. The van der Waals surface area contributed by atoms with Gasteiger partial charge in [0.15, 0.2) is 0 Å². The third kappa shape index (κ3) is 3.74. The number of rotatable bonds is 7. The van der Waals surface area contributed by atoms with Crippen LogP contribution in [0.1, 0.15) is 52.9 Å². The summed E-state index contributed by atoms with van der Waals surface area (Å²) in [6, 6.07) is 0.692. The molecule has 1 fully saturated rings. The summed E-state index contributed by atoms with van der Waals surface area (Å²) in [7, 11) is 1.79. The van der Waals surface area contributed by atoms with Gasteiger partial charge in [-0.3, -0.25) is 0 Å². The molecule has 0 amide bonds. The first-order chi connectivity index (χ1) is 7.61. The Bertz CT molecular complexity index is 191. The molecule has 1 saturated carbocycles. The molecule has 0 aromatic carbocycles. The molecule has 0 heterocycles. The molecule has 0 aromatic rings. The van der Waals surface area contributed by atoms with E-state index in [0.717, 1.165) is 19.1 Å². The highest BCUT2D eigenvalue weighted by Gasteiger charge is 2.38. The van der Waals surface area contributed by atoms with Crippen LogP contribution in [0.25, 0.3) is 0 Å². The van der Waals surface area contributed by atoms with Gasteiger partial charge < -0.3 is 10.1 Å². The summed E-state index contributed by atoms with van der Waals surface area (Å²) in [5.74, 6) is 0.851. The summed E-state index contributed by atoms with van der Waals surface area (Å²) in [6.45, 7) is 9.07. The molecule has 0 saturated heterocycles. The van der Waals surface area contributed by atoms with Gasteiger partial charge in [-0.05, 0) is 43.6 Å². The Kier molecular flexibility index (Phi) is 5.77. The van der Waals surface area contributed by atoms with Gasteiger partial charge in [0.25, 0.3) is 0 Å². The monoisotopic (exact) mass is 227 g/mol. The zero-order valence-corrected chi connectivity index (χ0v) is 11.5. The first kappa shape index (κ1) is 14.0. The van der Waals surface area contributed by atoms with Crippen LogP contribution in [0.15, 0.2) is 0 Å². The lowest BCUT2D eigenvalue weighted by atomic mass is 9.76. The summed E-state index contributed by atoms with van der Waals surface area (Å²) in [4.78, 5) is 0. The van der Waals surface area contributed by atoms with Crippen LogP contribution in [0.3, 0.4) is 0 Å². The van der Waals surface area contributed by atoms with Crippen molar-refractivity contribution in [1.82, 2.24) is 5.32 Å². The molecule has 1 N–H and O–H groups in total. The minimum atomic E-state index is 0.528. The maximum atomic E-state index is 5.16. The molecule has 1 aliphatic carbocycles. The van der Waals surface area contributed by atoms with E-state index in [1.54, 1.807) is 7.11 Å². The zero-order chi connectivity index (χ0) is 12.0. The van der Waals surface area contributed by atoms with E-state index < -0.39 is 0 Å². The normalized spacial score (nSPS) is 25.9. The fourth-order valence-corrected chi connectivity index (χ4v) is 3.25. The molecule has 0 spiro atoms. The zero-order valence-electron chi connectivity index (χ0n) is 11.5. The summed E-state index contributed by atoms with van der Waals surface area (Å²) in [6.07, 6.45) is 6.64. The van der Waals surface area contributed by atoms with Crippen LogP contribution in [-0.2, 0) is 4.74 Å². The van der Waals surface area contributed by atoms with Crippen molar-refractivity contribution in [2.75, 3.05) is 20.3 Å². The highest BCUT2D eigenvalue weighted by Crippen LogP contribution is 2.45. The maximum Gasteiger partial charge on any atom is 0.0462 e. The number of hydrogen-bond donors (Lipinski definition) is 1. The molecule has 96 valence electrons. The maximum absolute atomic E-state index is 5.16. The van der Waals surface area contributed by atoms with E-state index >= 15 is 0 Å². The lowest BCUT2D eigenvalue weighted by Crippen LogP contribution is -2.40. The molecule has 2 unspecified atom stereocenters. The molecule has 1 aliphatic rings. The second-order valence-corrected chi connectivity index (χ2v) is 5.79. The van der Waals surface area contributed by atoms with Gasteiger partial charge in [0.05, 0.1) is 0 Å². The average Bonchev–Trinajstić information content (AvgIpc) is 2.57. The van der Waals surface area contributed by atoms with E-state index in [2.05, 4.69) is 26.1 Å². The average molecular weight is 227 g/mol. The van der Waals surface area contributed by atoms with Crippen LogP contribution in [0.4, 0.5) is 0 Å². The molecule has 0 radical (unpaired) electrons. The van der Waals surface area contributed by atoms with Gasteiger partial charge in [-0.2, -0.15) is 0 Å². The Morgan fingerprint density at radius 1 is 1.44 bits per heavy atom. The molecule has 0 aliphatic heterocycles. The van der Waals surface area contributed by atoms with Gasteiger partial charge in [-0.25, -0.2) is 0 Å². The third-order valence-electron chi connectivity index (χ3n) is 4.16. The van der Waals surface area contributed by atoms with Gasteiger partial charge in [-0.15, -0.1) is 0 Å². The Hall–Kier alpha value is -0.0800. The quantitative estimate of drug-likeness (QED) is 0.674. The van der Waals surface area contributed by atoms with E-state index in [4.69, 9.17) is 4.74 Å². The SMILES string of the molecule is CCNC(CCCOC)C1CCCC1(C)C. The molecule has 0 aromatic heterocycles. The highest BCUT2D eigenvalue weighted by atomic mass is 16.5. The van der Waals surface area contributed by atoms with Crippen LogP contribution in [0.2, 0.25) is 0 Å². The van der Waals surface area contributed by atoms with Gasteiger partial charge in [0.1, 0.15) is 0 Å². The fraction of sp³-hybridized carbons (Fsp3) is 1.00. The second-order valence-electron chi connectivity index (χ2n) is 5.79. The second kappa shape index (κ2) is 6.61. The van der Waals surface area contributed by atoms with Crippen molar-refractivity contribution < 1.29 is 4.74 Å². The van der Waals surface area contributed by atoms with E-state index in [-0.39, 0.29) is 0 Å². The molecule has 0 bridgehead atoms. The van der Waals surface area contributed by atoms with Gasteiger partial charge in [-0.1, -0.05) is 27.2 Å². The van der Waals surface area contributed by atoms with E-state index in [0.29, 0.717) is 11.5 Å². The Balaban J connectivity index is 2.48. The van der Waals surface area contributed by atoms with E-state index in [1.165, 1.54) is 32.1 Å². The van der Waals surface area contributed by atoms with Crippen LogP contribution >= 0.6 is 0 Å². The largest absolute Gasteiger partial charge is 0.385 e. The predicted molar refractivity (Wildman–Crippen MR) is 69.7 cm³/mol. The first-order valence-electron chi connectivity index (χ1n) is 6.84. The smallest absolute Gasteiger partial charge is 0.0462 e. The van der Waals surface area contributed by atoms with Crippen molar-refractivity contribution >= 4 is 0 Å². The number of methoxy groups -OCH3 is 1. The standard InChI is InChI=1S/C14H29NO/c1-5-15-13(9-7-11-16-4)12-8-6-10-14(12,2)3/h12-13,15H,5-11H2,1-4H3. The van der Waals surface area contributed by atoms with Crippen LogP contribution < -0.4 is 5.32 Å². The van der Waals surface area contributed by atoms with Crippen molar-refractivity contribution in [3.8, 4) is 0 Å². The topological polar surface area (TPSA) is 21.3 Å². The van der Waals surface area contributed by atoms with Crippen molar-refractivity contribution in [3.63, 3.8) is 0 Å². The van der Waals surface area contributed by atoms with Crippen molar-refractivity contribution in [2.45, 2.75) is 58.9 Å². The lowest BCUT2D eigenvalue weighted by molar-refractivity contribution is 0.160. The van der Waals surface area contributed by atoms with Crippen molar-refractivity contribution in [3.05, 3.63) is 0 Å². The molecule has 2 atom stereocenters. The summed E-state index contributed by atoms with van der Waals surface area (Å²) < 4.78 is 5.16. The van der Waals surface area contributed by atoms with Crippen LogP contribution in [0.5, 0.6) is 0 Å². The molecule has 16 heavy (non-hydrogen) atoms. The fourth-order valence-electron chi connectivity index (χ4n) is 3.25. The van der Waals surface area contributed by atoms with Gasteiger partial charge >= 0.3 is 0 Å². The Morgan fingerprint density at radius 3 is 2.69 bits per heavy atom. The molecule has 2 heteroatoms. The molecular formula is C14H29NO. The minimum absolute atomic E-state index is 0.528. The molecule has 2 nitrogen and oxygen atoms in total. The van der Waals surface area contributed by atoms with Crippen molar-refractivity contribution in [2.24, 2.45) is 11.3 Å². The van der Waals surface area contributed by atoms with E-state index in [1.807, 2.05) is 0 Å². The van der Waals surface area contributed by atoms with Crippen LogP contribution in [-0.4, -0.2) is 26.3 Å². The van der Waals surface area contributed by atoms with Crippen LogP contribution in [0, 0.1) is 11.3 Å². The lowest BCUT2D eigenvalue weighted by Gasteiger charge is -2.34. The van der Waals surface area contributed by atoms with Gasteiger partial charge in [0.2, 0.25) is 0 Å². The minimum Gasteiger partial charge on any atom is -0.385 e. The summed E-state index contributed by atoms with van der Waals surface area (Å²) in [5.41, 5.74) is 0.528. The van der Waals surface area contributed by atoms with Crippen molar-refractivity contribution in [1.29, 1.82) is 0 Å². The van der Waals surface area contributed by atoms with Gasteiger partial charge in [0, 0.05) is 19.8 Å². The summed E-state index contributed by atoms with van der Waals surface area (Å²) >= 11 is 0. The Morgan fingerprint density at radius 2 is 2.19 bits per heavy atom. The number of ether oxygens (including phenoxy) is 1. The summed E-state index contributed by atoms with van der Waals surface area (Å²) in [5, 5.41) is 3.68. The Labute approximate surface area is 101 Å². The number of nitrogens with one attached hydrogen (secondary N) is 1.